The normalized spacial score (nSPS) is 19.4. The van der Waals surface area contributed by atoms with Crippen LogP contribution >= 0.6 is 0 Å². The number of fused-ring (bicyclic) bond motifs is 1. The van der Waals surface area contributed by atoms with E-state index in [0.717, 1.165) is 63.4 Å². The van der Waals surface area contributed by atoms with Crippen LogP contribution in [0.3, 0.4) is 0 Å². The lowest BCUT2D eigenvalue weighted by molar-refractivity contribution is -0.116. The molecule has 1 amide bonds. The lowest BCUT2D eigenvalue weighted by atomic mass is 10.1. The van der Waals surface area contributed by atoms with Gasteiger partial charge in [-0.15, -0.1) is 0 Å². The number of piperazine rings is 1. The zero-order valence-corrected chi connectivity index (χ0v) is 16.9. The molecule has 2 heterocycles. The molecule has 1 saturated heterocycles. The molecule has 27 heavy (non-hydrogen) atoms. The van der Waals surface area contributed by atoms with Crippen LogP contribution in [0.25, 0.3) is 0 Å². The lowest BCUT2D eigenvalue weighted by Crippen LogP contribution is -2.46. The number of aryl methyl sites for hydroxylation is 1. The van der Waals surface area contributed by atoms with Crippen LogP contribution in [0.5, 0.6) is 0 Å². The summed E-state index contributed by atoms with van der Waals surface area (Å²) in [6.07, 6.45) is 2.72. The minimum Gasteiger partial charge on any atom is -0.326 e. The molecule has 2 aliphatic rings. The number of likely N-dealkylation sites (N-methyl/N-ethyl adjacent to an activating group) is 1. The molecule has 0 radical (unpaired) electrons. The highest BCUT2D eigenvalue weighted by Crippen LogP contribution is 2.25. The molecule has 0 atom stereocenters. The van der Waals surface area contributed by atoms with Crippen molar-refractivity contribution in [3.63, 3.8) is 0 Å². The Kier molecular flexibility index (Phi) is 6.86. The van der Waals surface area contributed by atoms with Crippen molar-refractivity contribution in [2.24, 2.45) is 0 Å². The van der Waals surface area contributed by atoms with E-state index in [1.54, 1.807) is 18.2 Å². The predicted octanol–water partition coefficient (Wildman–Crippen LogP) is 1.27. The third-order valence-corrected chi connectivity index (χ3v) is 6.83. The maximum absolute atomic E-state index is 12.6. The molecule has 150 valence electrons. The van der Waals surface area contributed by atoms with Gasteiger partial charge >= 0.3 is 0 Å². The van der Waals surface area contributed by atoms with Gasteiger partial charge in [-0.2, -0.15) is 0 Å². The average molecular weight is 395 g/mol. The van der Waals surface area contributed by atoms with Crippen LogP contribution in [0.1, 0.15) is 31.7 Å². The van der Waals surface area contributed by atoms with Gasteiger partial charge in [0.25, 0.3) is 0 Å². The summed E-state index contributed by atoms with van der Waals surface area (Å²) in [6, 6.07) is 4.95. The first-order chi connectivity index (χ1) is 13.0. The van der Waals surface area contributed by atoms with Gasteiger partial charge in [-0.3, -0.25) is 4.79 Å². The summed E-state index contributed by atoms with van der Waals surface area (Å²) in [7, 11) is -3.52. The van der Waals surface area contributed by atoms with E-state index < -0.39 is 10.0 Å². The Balaban J connectivity index is 1.50. The van der Waals surface area contributed by atoms with E-state index in [0.29, 0.717) is 19.4 Å². The Morgan fingerprint density at radius 1 is 1.11 bits per heavy atom. The van der Waals surface area contributed by atoms with Gasteiger partial charge in [0.05, 0.1) is 4.90 Å². The summed E-state index contributed by atoms with van der Waals surface area (Å²) in [4.78, 5) is 16.7. The van der Waals surface area contributed by atoms with Crippen molar-refractivity contribution in [3.8, 4) is 0 Å². The van der Waals surface area contributed by atoms with Crippen LogP contribution in [-0.4, -0.2) is 69.9 Å². The Morgan fingerprint density at radius 2 is 1.85 bits per heavy atom. The molecule has 2 N–H and O–H groups in total. The Bertz CT molecular complexity index is 758. The maximum atomic E-state index is 12.6. The second kappa shape index (κ2) is 9.14. The first-order valence-corrected chi connectivity index (χ1v) is 11.3. The number of carbonyl (C=O) groups is 1. The van der Waals surface area contributed by atoms with Crippen molar-refractivity contribution in [3.05, 3.63) is 23.8 Å². The van der Waals surface area contributed by atoms with E-state index in [4.69, 9.17) is 0 Å². The van der Waals surface area contributed by atoms with Crippen LogP contribution < -0.4 is 10.0 Å². The lowest BCUT2D eigenvalue weighted by Gasteiger charge is -2.33. The number of sulfonamides is 1. The minimum atomic E-state index is -3.52. The quantitative estimate of drug-likeness (QED) is 0.681. The topological polar surface area (TPSA) is 81.8 Å². The maximum Gasteiger partial charge on any atom is 0.240 e. The van der Waals surface area contributed by atoms with Crippen LogP contribution in [-0.2, 0) is 21.2 Å². The summed E-state index contributed by atoms with van der Waals surface area (Å²) in [5.41, 5.74) is 1.61. The van der Waals surface area contributed by atoms with Crippen LogP contribution in [0.15, 0.2) is 23.1 Å². The molecule has 0 spiro atoms. The number of amides is 1. The molecule has 3 rings (SSSR count). The zero-order valence-electron chi connectivity index (χ0n) is 16.0. The van der Waals surface area contributed by atoms with Gasteiger partial charge in [-0.25, -0.2) is 13.1 Å². The molecule has 1 aromatic carbocycles. The fraction of sp³-hybridized carbons (Fsp3) is 0.632. The first-order valence-electron chi connectivity index (χ1n) is 9.85. The molecule has 8 heteroatoms. The van der Waals surface area contributed by atoms with E-state index in [2.05, 4.69) is 26.8 Å². The number of hydrogen-bond acceptors (Lipinski definition) is 5. The summed E-state index contributed by atoms with van der Waals surface area (Å²) in [6.45, 7) is 8.91. The molecular formula is C19H30N4O3S. The van der Waals surface area contributed by atoms with Gasteiger partial charge in [0.15, 0.2) is 0 Å². The number of benzene rings is 1. The van der Waals surface area contributed by atoms with Gasteiger partial charge < -0.3 is 15.1 Å². The molecule has 0 saturated carbocycles. The van der Waals surface area contributed by atoms with Crippen molar-refractivity contribution >= 4 is 21.6 Å². The number of anilines is 1. The molecule has 2 aliphatic heterocycles. The summed E-state index contributed by atoms with van der Waals surface area (Å²) < 4.78 is 27.9. The van der Waals surface area contributed by atoms with Crippen LogP contribution in [0, 0.1) is 0 Å². The monoisotopic (exact) mass is 394 g/mol. The summed E-state index contributed by atoms with van der Waals surface area (Å²) in [5, 5.41) is 2.83. The molecule has 0 aromatic heterocycles. The van der Waals surface area contributed by atoms with E-state index in [9.17, 15) is 13.2 Å². The van der Waals surface area contributed by atoms with E-state index in [1.165, 1.54) is 0 Å². The smallest absolute Gasteiger partial charge is 0.240 e. The van der Waals surface area contributed by atoms with Crippen molar-refractivity contribution in [2.45, 2.75) is 37.5 Å². The Hall–Kier alpha value is -1.48. The zero-order chi connectivity index (χ0) is 19.3. The molecule has 7 nitrogen and oxygen atoms in total. The minimum absolute atomic E-state index is 0.0118. The average Bonchev–Trinajstić information content (AvgIpc) is 2.85. The largest absolute Gasteiger partial charge is 0.326 e. The van der Waals surface area contributed by atoms with Gasteiger partial charge in [-0.1, -0.05) is 6.92 Å². The highest BCUT2D eigenvalue weighted by Gasteiger charge is 2.19. The third-order valence-electron chi connectivity index (χ3n) is 5.37. The van der Waals surface area contributed by atoms with Crippen LogP contribution in [0.4, 0.5) is 5.69 Å². The fourth-order valence-electron chi connectivity index (χ4n) is 3.64. The molecular weight excluding hydrogens is 364 g/mol. The Morgan fingerprint density at radius 3 is 2.59 bits per heavy atom. The highest BCUT2D eigenvalue weighted by molar-refractivity contribution is 7.89. The van der Waals surface area contributed by atoms with E-state index in [1.807, 2.05) is 0 Å². The number of carbonyl (C=O) groups excluding carboxylic acids is 1. The second-order valence-corrected chi connectivity index (χ2v) is 9.01. The van der Waals surface area contributed by atoms with Gasteiger partial charge in [0.2, 0.25) is 15.9 Å². The van der Waals surface area contributed by atoms with Crippen molar-refractivity contribution < 1.29 is 13.2 Å². The number of rotatable bonds is 7. The fourth-order valence-corrected chi connectivity index (χ4v) is 4.76. The van der Waals surface area contributed by atoms with Crippen molar-refractivity contribution in [2.75, 3.05) is 51.1 Å². The highest BCUT2D eigenvalue weighted by atomic mass is 32.2. The van der Waals surface area contributed by atoms with Crippen LogP contribution in [0.2, 0.25) is 0 Å². The first kappa shape index (κ1) is 20.3. The van der Waals surface area contributed by atoms with Crippen molar-refractivity contribution in [1.29, 1.82) is 0 Å². The number of nitrogens with one attached hydrogen (secondary N) is 2. The summed E-state index contributed by atoms with van der Waals surface area (Å²) in [5.74, 6) is -0.0118. The number of hydrogen-bond donors (Lipinski definition) is 2. The van der Waals surface area contributed by atoms with Gasteiger partial charge in [0, 0.05) is 44.8 Å². The predicted molar refractivity (Wildman–Crippen MR) is 106 cm³/mol. The molecule has 0 unspecified atom stereocenters. The van der Waals surface area contributed by atoms with Crippen molar-refractivity contribution in [1.82, 2.24) is 14.5 Å². The van der Waals surface area contributed by atoms with Gasteiger partial charge in [0.1, 0.15) is 0 Å². The van der Waals surface area contributed by atoms with E-state index in [-0.39, 0.29) is 10.8 Å². The molecule has 0 aliphatic carbocycles. The summed E-state index contributed by atoms with van der Waals surface area (Å²) >= 11 is 0. The third kappa shape index (κ3) is 5.51. The molecule has 0 bridgehead atoms. The Labute approximate surface area is 162 Å². The van der Waals surface area contributed by atoms with Gasteiger partial charge in [-0.05, 0) is 56.1 Å². The molecule has 1 aromatic rings. The second-order valence-electron chi connectivity index (χ2n) is 7.25. The molecule has 1 fully saturated rings. The van der Waals surface area contributed by atoms with E-state index >= 15 is 0 Å². The SMILES string of the molecule is CCN1CCN(CCCNS(=O)(=O)c2ccc3c(c2)CCCC(=O)N3)CC1. The number of nitrogens with zero attached hydrogens (tertiary/aromatic N) is 2. The standard InChI is InChI=1S/C19H30N4O3S/c1-2-22-11-13-23(14-12-22)10-4-9-20-27(25,26)17-7-8-18-16(15-17)5-3-6-19(24)21-18/h7-8,15,20H,2-6,9-14H2,1H3,(H,21,24).